The van der Waals surface area contributed by atoms with Gasteiger partial charge in [-0.1, -0.05) is 42.0 Å². The molecule has 0 bridgehead atoms. The third-order valence-corrected chi connectivity index (χ3v) is 7.13. The van der Waals surface area contributed by atoms with E-state index in [4.69, 9.17) is 9.15 Å². The Hall–Kier alpha value is -3.78. The van der Waals surface area contributed by atoms with Gasteiger partial charge in [0, 0.05) is 13.5 Å². The molecule has 3 aromatic rings. The number of aryl methyl sites for hydroxylation is 1. The first kappa shape index (κ1) is 23.0. The topological polar surface area (TPSA) is 106 Å². The second kappa shape index (κ2) is 8.46. The minimum absolute atomic E-state index is 0.106. The van der Waals surface area contributed by atoms with Crippen LogP contribution in [0, 0.1) is 18.8 Å². The van der Waals surface area contributed by atoms with Crippen LogP contribution in [0.15, 0.2) is 64.0 Å². The summed E-state index contributed by atoms with van der Waals surface area (Å²) in [4.78, 5) is 54.8. The van der Waals surface area contributed by atoms with Gasteiger partial charge in [-0.05, 0) is 31.5 Å². The summed E-state index contributed by atoms with van der Waals surface area (Å²) >= 11 is 0. The van der Waals surface area contributed by atoms with E-state index in [9.17, 15) is 19.2 Å². The van der Waals surface area contributed by atoms with Crippen molar-refractivity contribution in [1.29, 1.82) is 0 Å². The van der Waals surface area contributed by atoms with Gasteiger partial charge in [0.05, 0.1) is 41.7 Å². The lowest BCUT2D eigenvalue weighted by atomic mass is 9.76. The first-order valence-electron chi connectivity index (χ1n) is 11.6. The summed E-state index contributed by atoms with van der Waals surface area (Å²) in [5.74, 6) is -3.53. The highest BCUT2D eigenvalue weighted by atomic mass is 16.5. The van der Waals surface area contributed by atoms with Crippen LogP contribution in [0.2, 0.25) is 0 Å². The maximum Gasteiger partial charge on any atom is 0.327 e. The van der Waals surface area contributed by atoms with Crippen molar-refractivity contribution in [3.05, 3.63) is 81.7 Å². The lowest BCUT2D eigenvalue weighted by Crippen LogP contribution is -2.58. The zero-order valence-electron chi connectivity index (χ0n) is 19.7. The molecule has 0 saturated carbocycles. The molecule has 0 radical (unpaired) electrons. The van der Waals surface area contributed by atoms with E-state index in [1.165, 1.54) is 13.3 Å². The molecule has 0 unspecified atom stereocenters. The molecule has 1 N–H and O–H groups in total. The molecule has 8 heteroatoms. The average molecular weight is 475 g/mol. The van der Waals surface area contributed by atoms with Gasteiger partial charge in [-0.25, -0.2) is 0 Å². The number of fused-ring (bicyclic) bond motifs is 2. The lowest BCUT2D eigenvalue weighted by Gasteiger charge is -2.32. The number of ether oxygens (including phenoxy) is 1. The molecule has 2 fully saturated rings. The van der Waals surface area contributed by atoms with Crippen LogP contribution in [0.4, 0.5) is 0 Å². The minimum Gasteiger partial charge on any atom is -0.465 e. The van der Waals surface area contributed by atoms with Crippen LogP contribution in [0.3, 0.4) is 0 Å². The number of amides is 2. The lowest BCUT2D eigenvalue weighted by molar-refractivity contribution is -0.156. The largest absolute Gasteiger partial charge is 0.465 e. The Morgan fingerprint density at radius 1 is 1.11 bits per heavy atom. The van der Waals surface area contributed by atoms with Gasteiger partial charge in [-0.15, -0.1) is 0 Å². The van der Waals surface area contributed by atoms with Crippen molar-refractivity contribution in [3.63, 3.8) is 0 Å². The maximum absolute atomic E-state index is 13.6. The van der Waals surface area contributed by atoms with Gasteiger partial charge >= 0.3 is 5.97 Å². The van der Waals surface area contributed by atoms with Crippen molar-refractivity contribution in [2.24, 2.45) is 11.8 Å². The number of benzene rings is 2. The van der Waals surface area contributed by atoms with Crippen LogP contribution in [0.5, 0.6) is 0 Å². The van der Waals surface area contributed by atoms with Crippen LogP contribution in [0.25, 0.3) is 11.0 Å². The number of rotatable bonds is 5. The smallest absolute Gasteiger partial charge is 0.327 e. The molecule has 3 heterocycles. The maximum atomic E-state index is 13.6. The molecular weight excluding hydrogens is 448 g/mol. The summed E-state index contributed by atoms with van der Waals surface area (Å²) in [5.41, 5.74) is 0.470. The number of nitrogens with zero attached hydrogens (tertiary/aromatic N) is 1. The Bertz CT molecular complexity index is 1400. The summed E-state index contributed by atoms with van der Waals surface area (Å²) in [6, 6.07) is 13.6. The van der Waals surface area contributed by atoms with Crippen molar-refractivity contribution in [1.82, 2.24) is 10.2 Å². The van der Waals surface area contributed by atoms with E-state index in [2.05, 4.69) is 5.32 Å². The highest BCUT2D eigenvalue weighted by Gasteiger charge is 2.68. The fraction of sp³-hybridized carbons (Fsp3) is 0.333. The first-order chi connectivity index (χ1) is 16.8. The van der Waals surface area contributed by atoms with Crippen LogP contribution in [-0.2, 0) is 25.5 Å². The summed E-state index contributed by atoms with van der Waals surface area (Å²) < 4.78 is 11.2. The molecule has 8 nitrogen and oxygen atoms in total. The Balaban J connectivity index is 1.70. The Morgan fingerprint density at radius 2 is 1.86 bits per heavy atom. The number of imide groups is 1. The van der Waals surface area contributed by atoms with Crippen molar-refractivity contribution in [2.75, 3.05) is 13.7 Å². The van der Waals surface area contributed by atoms with E-state index in [-0.39, 0.29) is 24.0 Å². The second-order valence-corrected chi connectivity index (χ2v) is 9.23. The van der Waals surface area contributed by atoms with Crippen LogP contribution in [-0.4, -0.2) is 41.9 Å². The molecule has 5 rings (SSSR count). The molecule has 2 aromatic carbocycles. The number of esters is 1. The normalized spacial score (nSPS) is 25.8. The number of carbonyl (C=O) groups excluding carboxylic acids is 3. The van der Waals surface area contributed by atoms with Crippen LogP contribution < -0.4 is 10.7 Å². The predicted octanol–water partition coefficient (Wildman–Crippen LogP) is 2.52. The van der Waals surface area contributed by atoms with E-state index in [0.29, 0.717) is 11.0 Å². The summed E-state index contributed by atoms with van der Waals surface area (Å²) in [6.45, 7) is 3.66. The molecule has 2 saturated heterocycles. The quantitative estimate of drug-likeness (QED) is 0.447. The number of hydrogen-bond acceptors (Lipinski definition) is 7. The third-order valence-electron chi connectivity index (χ3n) is 7.13. The standard InChI is InChI=1S/C27H26N2O6/c1-4-34-26(33)27(13-16-8-6-5-7-9-16)21-20(24(31)29(3)25(21)32)22(28-27)18-14-35-19-11-10-15(2)12-17(19)23(18)30/h5-12,14,20-22,28H,4,13H2,1-3H3/t20-,21-,22-,27-/m0/s1. The third kappa shape index (κ3) is 3.47. The monoisotopic (exact) mass is 474 g/mol. The molecule has 4 atom stereocenters. The first-order valence-corrected chi connectivity index (χ1v) is 11.6. The van der Waals surface area contributed by atoms with E-state index in [1.54, 1.807) is 19.1 Å². The molecule has 2 aliphatic heterocycles. The minimum atomic E-state index is -1.53. The van der Waals surface area contributed by atoms with Gasteiger partial charge < -0.3 is 9.15 Å². The highest BCUT2D eigenvalue weighted by Crippen LogP contribution is 2.49. The Labute approximate surface area is 201 Å². The van der Waals surface area contributed by atoms with E-state index >= 15 is 0 Å². The average Bonchev–Trinajstić information content (AvgIpc) is 3.30. The Kier molecular flexibility index (Phi) is 5.56. The van der Waals surface area contributed by atoms with Crippen LogP contribution >= 0.6 is 0 Å². The van der Waals surface area contributed by atoms with E-state index in [0.717, 1.165) is 16.0 Å². The Morgan fingerprint density at radius 3 is 2.57 bits per heavy atom. The zero-order valence-corrected chi connectivity index (χ0v) is 19.7. The summed E-state index contributed by atoms with van der Waals surface area (Å²) in [6.07, 6.45) is 1.45. The van der Waals surface area contributed by atoms with Gasteiger partial charge in [-0.3, -0.25) is 29.4 Å². The number of nitrogens with one attached hydrogen (secondary N) is 1. The van der Waals surface area contributed by atoms with Gasteiger partial charge in [0.1, 0.15) is 11.1 Å². The van der Waals surface area contributed by atoms with Gasteiger partial charge in [0.15, 0.2) is 5.43 Å². The number of hydrogen-bond donors (Lipinski definition) is 1. The van der Waals surface area contributed by atoms with Crippen molar-refractivity contribution >= 4 is 28.8 Å². The fourth-order valence-electron chi connectivity index (χ4n) is 5.49. The molecule has 35 heavy (non-hydrogen) atoms. The number of likely N-dealkylation sites (tertiary alicyclic amines) is 1. The second-order valence-electron chi connectivity index (χ2n) is 9.23. The fourth-order valence-corrected chi connectivity index (χ4v) is 5.49. The van der Waals surface area contributed by atoms with Gasteiger partial charge in [-0.2, -0.15) is 0 Å². The summed E-state index contributed by atoms with van der Waals surface area (Å²) in [7, 11) is 1.41. The molecule has 2 amide bonds. The van der Waals surface area contributed by atoms with E-state index < -0.39 is 41.2 Å². The van der Waals surface area contributed by atoms with Crippen LogP contribution in [0.1, 0.15) is 29.7 Å². The summed E-state index contributed by atoms with van der Waals surface area (Å²) in [5, 5.41) is 3.63. The molecule has 2 aliphatic rings. The van der Waals surface area contributed by atoms with Crippen molar-refractivity contribution in [3.8, 4) is 0 Å². The van der Waals surface area contributed by atoms with Gasteiger partial charge in [0.2, 0.25) is 11.8 Å². The molecular formula is C27H26N2O6. The van der Waals surface area contributed by atoms with Gasteiger partial charge in [0.25, 0.3) is 0 Å². The molecule has 1 aromatic heterocycles. The molecule has 180 valence electrons. The van der Waals surface area contributed by atoms with E-state index in [1.807, 2.05) is 43.3 Å². The number of carbonyl (C=O) groups is 3. The SMILES string of the molecule is CCOC(=O)[C@@]1(Cc2ccccc2)N[C@@H](c2coc3ccc(C)cc3c2=O)[C@H]2C(=O)N(C)C(=O)[C@H]21. The zero-order chi connectivity index (χ0) is 24.9. The van der Waals surface area contributed by atoms with Crippen molar-refractivity contribution < 1.29 is 23.5 Å². The molecule has 0 spiro atoms. The highest BCUT2D eigenvalue weighted by molar-refractivity contribution is 6.09. The predicted molar refractivity (Wildman–Crippen MR) is 127 cm³/mol. The molecule has 0 aliphatic carbocycles. The van der Waals surface area contributed by atoms with Crippen molar-refractivity contribution in [2.45, 2.75) is 31.8 Å².